The molecule has 0 aliphatic heterocycles. The van der Waals surface area contributed by atoms with Crippen molar-refractivity contribution in [2.24, 2.45) is 5.73 Å². The van der Waals surface area contributed by atoms with E-state index in [4.69, 9.17) is 10.5 Å². The number of hydrogen-bond donors (Lipinski definition) is 2. The second-order valence-corrected chi connectivity index (χ2v) is 5.98. The molecule has 4 heteroatoms. The van der Waals surface area contributed by atoms with Gasteiger partial charge in [-0.15, -0.1) is 0 Å². The average molecular weight is 278 g/mol. The van der Waals surface area contributed by atoms with Gasteiger partial charge in [-0.2, -0.15) is 0 Å². The van der Waals surface area contributed by atoms with Gasteiger partial charge in [-0.25, -0.2) is 0 Å². The highest BCUT2D eigenvalue weighted by molar-refractivity contribution is 5.84. The standard InChI is InChI=1S/C16H26N2O2/c1-11(2)13-8-6-7-9-14(13)20-10-16(5,15(17)19)18-12(3)4/h6-9,11-12,18H,10H2,1-5H3,(H2,17,19). The van der Waals surface area contributed by atoms with Crippen molar-refractivity contribution < 1.29 is 9.53 Å². The molecule has 0 bridgehead atoms. The van der Waals surface area contributed by atoms with Crippen LogP contribution in [0.1, 0.15) is 46.1 Å². The van der Waals surface area contributed by atoms with Gasteiger partial charge in [-0.3, -0.25) is 10.1 Å². The molecule has 0 saturated carbocycles. The fourth-order valence-electron chi connectivity index (χ4n) is 2.13. The second kappa shape index (κ2) is 6.75. The first-order valence-electron chi connectivity index (χ1n) is 7.05. The van der Waals surface area contributed by atoms with Crippen LogP contribution >= 0.6 is 0 Å². The van der Waals surface area contributed by atoms with Crippen molar-refractivity contribution in [2.75, 3.05) is 6.61 Å². The van der Waals surface area contributed by atoms with E-state index in [0.717, 1.165) is 11.3 Å². The Morgan fingerprint density at radius 3 is 2.40 bits per heavy atom. The van der Waals surface area contributed by atoms with Crippen LogP contribution in [0.2, 0.25) is 0 Å². The van der Waals surface area contributed by atoms with Gasteiger partial charge in [0.05, 0.1) is 0 Å². The summed E-state index contributed by atoms with van der Waals surface area (Å²) in [5.74, 6) is 0.762. The third-order valence-electron chi connectivity index (χ3n) is 3.21. The first-order chi connectivity index (χ1) is 9.26. The SMILES string of the molecule is CC(C)NC(C)(COc1ccccc1C(C)C)C(N)=O. The molecule has 4 nitrogen and oxygen atoms in total. The minimum absolute atomic E-state index is 0.149. The van der Waals surface area contributed by atoms with Gasteiger partial charge < -0.3 is 10.5 Å². The number of rotatable bonds is 7. The average Bonchev–Trinajstić information content (AvgIpc) is 2.35. The van der Waals surface area contributed by atoms with Crippen LogP contribution in [0.25, 0.3) is 0 Å². The van der Waals surface area contributed by atoms with E-state index in [1.165, 1.54) is 0 Å². The summed E-state index contributed by atoms with van der Waals surface area (Å²) in [6.45, 7) is 10.2. The molecular formula is C16H26N2O2. The molecule has 0 aliphatic rings. The van der Waals surface area contributed by atoms with Gasteiger partial charge in [-0.1, -0.05) is 32.0 Å². The zero-order valence-corrected chi connectivity index (χ0v) is 13.1. The Hall–Kier alpha value is -1.55. The lowest BCUT2D eigenvalue weighted by atomic mass is 10.0. The Bertz CT molecular complexity index is 458. The lowest BCUT2D eigenvalue weighted by molar-refractivity contribution is -0.125. The zero-order chi connectivity index (χ0) is 15.3. The minimum Gasteiger partial charge on any atom is -0.491 e. The molecule has 1 unspecified atom stereocenters. The highest BCUT2D eigenvalue weighted by atomic mass is 16.5. The molecular weight excluding hydrogens is 252 g/mol. The van der Waals surface area contributed by atoms with E-state index < -0.39 is 11.4 Å². The number of hydrogen-bond acceptors (Lipinski definition) is 3. The van der Waals surface area contributed by atoms with E-state index >= 15 is 0 Å². The van der Waals surface area contributed by atoms with Crippen LogP contribution < -0.4 is 15.8 Å². The molecule has 3 N–H and O–H groups in total. The van der Waals surface area contributed by atoms with Crippen LogP contribution in [0.5, 0.6) is 5.75 Å². The fraction of sp³-hybridized carbons (Fsp3) is 0.562. The maximum atomic E-state index is 11.7. The van der Waals surface area contributed by atoms with Crippen LogP contribution in [-0.2, 0) is 4.79 Å². The van der Waals surface area contributed by atoms with Crippen molar-refractivity contribution in [3.05, 3.63) is 29.8 Å². The lowest BCUT2D eigenvalue weighted by Gasteiger charge is -2.30. The molecule has 1 aromatic carbocycles. The van der Waals surface area contributed by atoms with Gasteiger partial charge in [0, 0.05) is 6.04 Å². The number of amides is 1. The monoisotopic (exact) mass is 278 g/mol. The molecule has 0 spiro atoms. The molecule has 20 heavy (non-hydrogen) atoms. The van der Waals surface area contributed by atoms with Crippen LogP contribution in [0, 0.1) is 0 Å². The summed E-state index contributed by atoms with van der Waals surface area (Å²) in [7, 11) is 0. The van der Waals surface area contributed by atoms with Crippen molar-refractivity contribution in [2.45, 2.75) is 52.1 Å². The van der Waals surface area contributed by atoms with Gasteiger partial charge in [0.15, 0.2) is 0 Å². The number of para-hydroxylation sites is 1. The number of ether oxygens (including phenoxy) is 1. The number of carbonyl (C=O) groups is 1. The molecule has 0 heterocycles. The Labute approximate surface area is 121 Å². The van der Waals surface area contributed by atoms with Crippen LogP contribution in [0.4, 0.5) is 0 Å². The first kappa shape index (κ1) is 16.5. The molecule has 0 fully saturated rings. The number of nitrogens with two attached hydrogens (primary N) is 1. The van der Waals surface area contributed by atoms with E-state index in [2.05, 4.69) is 19.2 Å². The number of carbonyl (C=O) groups excluding carboxylic acids is 1. The van der Waals surface area contributed by atoms with E-state index in [1.54, 1.807) is 6.92 Å². The van der Waals surface area contributed by atoms with E-state index in [-0.39, 0.29) is 12.6 Å². The lowest BCUT2D eigenvalue weighted by Crippen LogP contribution is -2.59. The van der Waals surface area contributed by atoms with Gasteiger partial charge in [0.1, 0.15) is 17.9 Å². The fourth-order valence-corrected chi connectivity index (χ4v) is 2.13. The van der Waals surface area contributed by atoms with Gasteiger partial charge in [0.25, 0.3) is 0 Å². The summed E-state index contributed by atoms with van der Waals surface area (Å²) in [6.07, 6.45) is 0. The third-order valence-corrected chi connectivity index (χ3v) is 3.21. The van der Waals surface area contributed by atoms with E-state index in [9.17, 15) is 4.79 Å². The Kier molecular flexibility index (Phi) is 5.57. The van der Waals surface area contributed by atoms with Crippen LogP contribution in [0.15, 0.2) is 24.3 Å². The second-order valence-electron chi connectivity index (χ2n) is 5.98. The van der Waals surface area contributed by atoms with Crippen molar-refractivity contribution in [3.8, 4) is 5.75 Å². The van der Waals surface area contributed by atoms with Gasteiger partial charge in [0.2, 0.25) is 5.91 Å². The van der Waals surface area contributed by atoms with Crippen molar-refractivity contribution in [1.29, 1.82) is 0 Å². The topological polar surface area (TPSA) is 64.3 Å². The van der Waals surface area contributed by atoms with E-state index in [1.807, 2.05) is 38.1 Å². The summed E-state index contributed by atoms with van der Waals surface area (Å²) in [4.78, 5) is 11.7. The largest absolute Gasteiger partial charge is 0.491 e. The molecule has 1 atom stereocenters. The summed E-state index contributed by atoms with van der Waals surface area (Å²) >= 11 is 0. The van der Waals surface area contributed by atoms with Gasteiger partial charge >= 0.3 is 0 Å². The van der Waals surface area contributed by atoms with Crippen molar-refractivity contribution >= 4 is 5.91 Å². The highest BCUT2D eigenvalue weighted by Crippen LogP contribution is 2.26. The van der Waals surface area contributed by atoms with Crippen LogP contribution in [-0.4, -0.2) is 24.1 Å². The highest BCUT2D eigenvalue weighted by Gasteiger charge is 2.32. The molecule has 0 radical (unpaired) electrons. The Balaban J connectivity index is 2.86. The van der Waals surface area contributed by atoms with Crippen molar-refractivity contribution in [1.82, 2.24) is 5.32 Å². The molecule has 0 aliphatic carbocycles. The van der Waals surface area contributed by atoms with E-state index in [0.29, 0.717) is 5.92 Å². The Morgan fingerprint density at radius 2 is 1.90 bits per heavy atom. The third kappa shape index (κ3) is 4.23. The minimum atomic E-state index is -0.877. The molecule has 1 aromatic rings. The predicted octanol–water partition coefficient (Wildman–Crippen LogP) is 2.43. The summed E-state index contributed by atoms with van der Waals surface area (Å²) in [5, 5.41) is 3.18. The van der Waals surface area contributed by atoms with Gasteiger partial charge in [-0.05, 0) is 38.3 Å². The first-order valence-corrected chi connectivity index (χ1v) is 7.05. The Morgan fingerprint density at radius 1 is 1.30 bits per heavy atom. The molecule has 112 valence electrons. The maximum Gasteiger partial charge on any atom is 0.240 e. The molecule has 1 rings (SSSR count). The predicted molar refractivity (Wildman–Crippen MR) is 81.9 cm³/mol. The zero-order valence-electron chi connectivity index (χ0n) is 13.1. The normalized spacial score (nSPS) is 14.3. The number of primary amides is 1. The summed E-state index contributed by atoms with van der Waals surface area (Å²) in [6, 6.07) is 8.03. The molecule has 0 saturated heterocycles. The molecule has 1 amide bonds. The number of nitrogens with one attached hydrogen (secondary N) is 1. The summed E-state index contributed by atoms with van der Waals surface area (Å²) < 4.78 is 5.86. The number of benzene rings is 1. The smallest absolute Gasteiger partial charge is 0.240 e. The quantitative estimate of drug-likeness (QED) is 0.805. The molecule has 0 aromatic heterocycles. The maximum absolute atomic E-state index is 11.7. The summed E-state index contributed by atoms with van der Waals surface area (Å²) in [5.41, 5.74) is 5.75. The van der Waals surface area contributed by atoms with Crippen LogP contribution in [0.3, 0.4) is 0 Å². The van der Waals surface area contributed by atoms with Crippen molar-refractivity contribution in [3.63, 3.8) is 0 Å².